The highest BCUT2D eigenvalue weighted by Gasteiger charge is 2.35. The minimum atomic E-state index is -4.64. The molecule has 0 saturated heterocycles. The van der Waals surface area contributed by atoms with Gasteiger partial charge in [0.1, 0.15) is 0 Å². The molecule has 23 heavy (non-hydrogen) atoms. The molecule has 0 bridgehead atoms. The molecule has 2 aromatic heterocycles. The normalized spacial score (nSPS) is 15.7. The number of hydrogen-bond acceptors (Lipinski definition) is 4. The summed E-state index contributed by atoms with van der Waals surface area (Å²) in [5.41, 5.74) is 1.77. The summed E-state index contributed by atoms with van der Waals surface area (Å²) in [5, 5.41) is 4.26. The van der Waals surface area contributed by atoms with Crippen LogP contribution in [0.4, 0.5) is 13.2 Å². The fourth-order valence-electron chi connectivity index (χ4n) is 2.79. The third-order valence-corrected chi connectivity index (χ3v) is 3.93. The first-order valence-electron chi connectivity index (χ1n) is 7.15. The monoisotopic (exact) mass is 327 g/mol. The highest BCUT2D eigenvalue weighted by molar-refractivity contribution is 5.22. The number of nitrogens with one attached hydrogen (secondary N) is 1. The van der Waals surface area contributed by atoms with Gasteiger partial charge in [0.15, 0.2) is 0 Å². The van der Waals surface area contributed by atoms with E-state index in [1.807, 2.05) is 30.1 Å². The Balaban J connectivity index is 1.84. The van der Waals surface area contributed by atoms with E-state index in [1.54, 1.807) is 4.68 Å². The molecule has 3 rings (SSSR count). The number of nitrogens with zero attached hydrogens (tertiary/aromatic N) is 4. The van der Waals surface area contributed by atoms with Crippen LogP contribution in [0, 0.1) is 6.92 Å². The van der Waals surface area contributed by atoms with Crippen LogP contribution < -0.4 is 5.56 Å². The van der Waals surface area contributed by atoms with E-state index in [4.69, 9.17) is 0 Å². The number of aryl methyl sites for hydroxylation is 2. The Hall–Kier alpha value is -2.16. The average Bonchev–Trinajstić information content (AvgIpc) is 2.76. The van der Waals surface area contributed by atoms with Gasteiger partial charge < -0.3 is 4.98 Å². The minimum absolute atomic E-state index is 0.236. The summed E-state index contributed by atoms with van der Waals surface area (Å²) >= 11 is 0. The van der Waals surface area contributed by atoms with Crippen LogP contribution in [0.25, 0.3) is 0 Å². The van der Waals surface area contributed by atoms with Gasteiger partial charge in [-0.3, -0.25) is 14.4 Å². The van der Waals surface area contributed by atoms with Crippen molar-refractivity contribution in [1.29, 1.82) is 0 Å². The van der Waals surface area contributed by atoms with Crippen LogP contribution in [0.5, 0.6) is 0 Å². The van der Waals surface area contributed by atoms with Crippen LogP contribution in [0.15, 0.2) is 11.0 Å². The van der Waals surface area contributed by atoms with Gasteiger partial charge in [0.2, 0.25) is 5.82 Å². The molecule has 0 aliphatic carbocycles. The Morgan fingerprint density at radius 3 is 2.74 bits per heavy atom. The van der Waals surface area contributed by atoms with Gasteiger partial charge in [-0.05, 0) is 6.92 Å². The molecule has 9 heteroatoms. The van der Waals surface area contributed by atoms with E-state index in [1.165, 1.54) is 0 Å². The Morgan fingerprint density at radius 2 is 2.13 bits per heavy atom. The van der Waals surface area contributed by atoms with Crippen molar-refractivity contribution in [2.75, 3.05) is 6.54 Å². The SMILES string of the molecule is Cc1nn(C)cc1CN1CCc2nc(C(F)(F)F)[nH]c(=O)c2C1. The van der Waals surface area contributed by atoms with E-state index >= 15 is 0 Å². The summed E-state index contributed by atoms with van der Waals surface area (Å²) in [6, 6.07) is 0. The third kappa shape index (κ3) is 3.14. The topological polar surface area (TPSA) is 66.8 Å². The predicted molar refractivity (Wildman–Crippen MR) is 75.6 cm³/mol. The molecule has 0 amide bonds. The van der Waals surface area contributed by atoms with Gasteiger partial charge in [-0.2, -0.15) is 18.3 Å². The molecule has 2 aromatic rings. The maximum Gasteiger partial charge on any atom is 0.449 e. The Labute approximate surface area is 130 Å². The van der Waals surface area contributed by atoms with Crippen LogP contribution >= 0.6 is 0 Å². The van der Waals surface area contributed by atoms with Crippen molar-refractivity contribution in [3.63, 3.8) is 0 Å². The number of H-pyrrole nitrogens is 1. The molecule has 0 atom stereocenters. The van der Waals surface area contributed by atoms with Gasteiger partial charge in [0.05, 0.1) is 17.0 Å². The van der Waals surface area contributed by atoms with E-state index in [0.29, 0.717) is 25.1 Å². The number of fused-ring (bicyclic) bond motifs is 1. The van der Waals surface area contributed by atoms with Gasteiger partial charge in [0.25, 0.3) is 5.56 Å². The van der Waals surface area contributed by atoms with Crippen molar-refractivity contribution in [2.24, 2.45) is 7.05 Å². The number of halogens is 3. The molecule has 0 radical (unpaired) electrons. The van der Waals surface area contributed by atoms with Crippen molar-refractivity contribution in [2.45, 2.75) is 32.6 Å². The summed E-state index contributed by atoms with van der Waals surface area (Å²) in [4.78, 5) is 19.4. The molecule has 0 saturated carbocycles. The lowest BCUT2D eigenvalue weighted by atomic mass is 10.1. The second-order valence-corrected chi connectivity index (χ2v) is 5.71. The molecule has 0 spiro atoms. The van der Waals surface area contributed by atoms with Gasteiger partial charge in [-0.15, -0.1) is 0 Å². The molecule has 1 aliphatic rings. The second-order valence-electron chi connectivity index (χ2n) is 5.71. The smallest absolute Gasteiger partial charge is 0.303 e. The maximum absolute atomic E-state index is 12.7. The van der Waals surface area contributed by atoms with Crippen LogP contribution in [-0.2, 0) is 32.7 Å². The summed E-state index contributed by atoms with van der Waals surface area (Å²) in [6.07, 6.45) is -2.42. The Kier molecular flexibility index (Phi) is 3.75. The molecular weight excluding hydrogens is 311 g/mol. The molecule has 6 nitrogen and oxygen atoms in total. The molecule has 0 unspecified atom stereocenters. The van der Waals surface area contributed by atoms with Crippen molar-refractivity contribution < 1.29 is 13.2 Å². The van der Waals surface area contributed by atoms with Crippen molar-refractivity contribution in [3.05, 3.63) is 44.9 Å². The molecule has 3 heterocycles. The van der Waals surface area contributed by atoms with Crippen molar-refractivity contribution in [3.8, 4) is 0 Å². The van der Waals surface area contributed by atoms with E-state index in [-0.39, 0.29) is 12.2 Å². The minimum Gasteiger partial charge on any atom is -0.303 e. The first kappa shape index (κ1) is 15.7. The summed E-state index contributed by atoms with van der Waals surface area (Å²) in [5.74, 6) is -1.22. The third-order valence-electron chi connectivity index (χ3n) is 3.93. The molecule has 1 N–H and O–H groups in total. The zero-order valence-electron chi connectivity index (χ0n) is 12.7. The van der Waals surface area contributed by atoms with E-state index in [0.717, 1.165) is 11.3 Å². The standard InChI is InChI=1S/C14H16F3N5O/c1-8-9(5-21(2)20-8)6-22-4-3-11-10(7-22)12(23)19-13(18-11)14(15,16)17/h5H,3-4,6-7H2,1-2H3,(H,18,19,23). The molecule has 0 aromatic carbocycles. The summed E-state index contributed by atoms with van der Waals surface area (Å²) in [6.45, 7) is 3.33. The van der Waals surface area contributed by atoms with Crippen molar-refractivity contribution in [1.82, 2.24) is 24.6 Å². The Bertz CT molecular complexity index is 793. The predicted octanol–water partition coefficient (Wildman–Crippen LogP) is 1.39. The van der Waals surface area contributed by atoms with Gasteiger partial charge >= 0.3 is 6.18 Å². The van der Waals surface area contributed by atoms with Crippen LogP contribution in [0.2, 0.25) is 0 Å². The van der Waals surface area contributed by atoms with Gasteiger partial charge in [-0.25, -0.2) is 4.98 Å². The molecule has 124 valence electrons. The van der Waals surface area contributed by atoms with Gasteiger partial charge in [-0.1, -0.05) is 0 Å². The highest BCUT2D eigenvalue weighted by atomic mass is 19.4. The van der Waals surface area contributed by atoms with Crippen LogP contribution in [0.3, 0.4) is 0 Å². The second kappa shape index (κ2) is 5.48. The maximum atomic E-state index is 12.7. The quantitative estimate of drug-likeness (QED) is 0.905. The van der Waals surface area contributed by atoms with Crippen molar-refractivity contribution >= 4 is 0 Å². The summed E-state index contributed by atoms with van der Waals surface area (Å²) < 4.78 is 39.8. The Morgan fingerprint density at radius 1 is 1.39 bits per heavy atom. The number of aromatic amines is 1. The zero-order valence-corrected chi connectivity index (χ0v) is 12.7. The fraction of sp³-hybridized carbons (Fsp3) is 0.500. The van der Waals surface area contributed by atoms with E-state index < -0.39 is 17.6 Å². The zero-order chi connectivity index (χ0) is 16.8. The number of aromatic nitrogens is 4. The molecule has 1 aliphatic heterocycles. The lowest BCUT2D eigenvalue weighted by molar-refractivity contribution is -0.145. The number of rotatable bonds is 2. The fourth-order valence-corrected chi connectivity index (χ4v) is 2.79. The van der Waals surface area contributed by atoms with E-state index in [9.17, 15) is 18.0 Å². The first-order chi connectivity index (χ1) is 10.7. The van der Waals surface area contributed by atoms with E-state index in [2.05, 4.69) is 10.1 Å². The van der Waals surface area contributed by atoms with Crippen LogP contribution in [-0.4, -0.2) is 31.2 Å². The number of hydrogen-bond donors (Lipinski definition) is 1. The lowest BCUT2D eigenvalue weighted by Gasteiger charge is -2.27. The average molecular weight is 327 g/mol. The summed E-state index contributed by atoms with van der Waals surface area (Å²) in [7, 11) is 1.83. The van der Waals surface area contributed by atoms with Crippen LogP contribution in [0.1, 0.15) is 28.3 Å². The highest BCUT2D eigenvalue weighted by Crippen LogP contribution is 2.26. The first-order valence-corrected chi connectivity index (χ1v) is 7.15. The van der Waals surface area contributed by atoms with Gasteiger partial charge in [0, 0.05) is 44.9 Å². The molecule has 0 fully saturated rings. The number of alkyl halides is 3. The lowest BCUT2D eigenvalue weighted by Crippen LogP contribution is -2.36. The largest absolute Gasteiger partial charge is 0.449 e. The molecular formula is C14H16F3N5O.